The molecule has 1 aromatic heterocycles. The van der Waals surface area contributed by atoms with E-state index < -0.39 is 0 Å². The van der Waals surface area contributed by atoms with Crippen LogP contribution in [0.2, 0.25) is 0 Å². The van der Waals surface area contributed by atoms with E-state index in [1.54, 1.807) is 6.33 Å². The minimum absolute atomic E-state index is 0.345. The molecule has 1 aliphatic rings. The van der Waals surface area contributed by atoms with Crippen LogP contribution in [0.1, 0.15) is 13.3 Å². The van der Waals surface area contributed by atoms with Gasteiger partial charge in [-0.15, -0.1) is 0 Å². The maximum absolute atomic E-state index is 5.51. The molecule has 88 valence electrons. The summed E-state index contributed by atoms with van der Waals surface area (Å²) in [6, 6.07) is 1.90. The van der Waals surface area contributed by atoms with Crippen molar-refractivity contribution in [1.29, 1.82) is 0 Å². The smallest absolute Gasteiger partial charge is 0.131 e. The van der Waals surface area contributed by atoms with Gasteiger partial charge in [0.1, 0.15) is 18.0 Å². The van der Waals surface area contributed by atoms with Gasteiger partial charge in [0.2, 0.25) is 0 Å². The molecule has 5 heteroatoms. The molecule has 0 radical (unpaired) electrons. The minimum Gasteiger partial charge on any atom is -0.378 e. The van der Waals surface area contributed by atoms with Gasteiger partial charge < -0.3 is 15.4 Å². The van der Waals surface area contributed by atoms with Gasteiger partial charge in [-0.25, -0.2) is 9.97 Å². The molecule has 0 saturated carbocycles. The molecule has 0 amide bonds. The predicted molar refractivity (Wildman–Crippen MR) is 63.6 cm³/mol. The molecule has 0 aromatic carbocycles. The second-order valence-corrected chi connectivity index (χ2v) is 4.04. The molecule has 1 aromatic rings. The Morgan fingerprint density at radius 2 is 2.25 bits per heavy atom. The first-order chi connectivity index (χ1) is 7.79. The van der Waals surface area contributed by atoms with Crippen molar-refractivity contribution in [2.45, 2.75) is 19.4 Å². The van der Waals surface area contributed by atoms with Crippen LogP contribution in [0.4, 0.5) is 11.6 Å². The minimum atomic E-state index is 0.345. The lowest BCUT2D eigenvalue weighted by molar-refractivity contribution is 0.108. The molecular weight excluding hydrogens is 204 g/mol. The number of ether oxygens (including phenoxy) is 1. The zero-order chi connectivity index (χ0) is 11.4. The van der Waals surface area contributed by atoms with E-state index in [-0.39, 0.29) is 0 Å². The Labute approximate surface area is 95.6 Å². The van der Waals surface area contributed by atoms with Crippen LogP contribution in [-0.4, -0.2) is 36.3 Å². The number of nitrogens with zero attached hydrogens (tertiary/aromatic N) is 2. The van der Waals surface area contributed by atoms with Crippen molar-refractivity contribution in [3.05, 3.63) is 12.4 Å². The Balaban J connectivity index is 1.88. The molecule has 1 saturated heterocycles. The Kier molecular flexibility index (Phi) is 3.56. The maximum atomic E-state index is 5.51. The van der Waals surface area contributed by atoms with Gasteiger partial charge in [-0.05, 0) is 13.3 Å². The molecular formula is C11H18N4O. The third kappa shape index (κ3) is 2.61. The van der Waals surface area contributed by atoms with E-state index in [0.717, 1.165) is 31.2 Å². The Morgan fingerprint density at radius 3 is 2.94 bits per heavy atom. The maximum Gasteiger partial charge on any atom is 0.131 e. The number of aromatic nitrogens is 2. The normalized spacial score (nSPS) is 24.4. The van der Waals surface area contributed by atoms with Crippen LogP contribution < -0.4 is 10.6 Å². The van der Waals surface area contributed by atoms with Crippen LogP contribution in [0.5, 0.6) is 0 Å². The molecule has 2 heterocycles. The highest BCUT2D eigenvalue weighted by atomic mass is 16.5. The molecule has 2 atom stereocenters. The van der Waals surface area contributed by atoms with Gasteiger partial charge in [0.15, 0.2) is 0 Å². The topological polar surface area (TPSA) is 59.1 Å². The third-order valence-corrected chi connectivity index (χ3v) is 3.00. The van der Waals surface area contributed by atoms with Crippen LogP contribution >= 0.6 is 0 Å². The van der Waals surface area contributed by atoms with Gasteiger partial charge in [0, 0.05) is 32.2 Å². The highest BCUT2D eigenvalue weighted by Gasteiger charge is 2.23. The first kappa shape index (κ1) is 11.1. The van der Waals surface area contributed by atoms with Crippen molar-refractivity contribution in [3.63, 3.8) is 0 Å². The lowest BCUT2D eigenvalue weighted by atomic mass is 10.0. The van der Waals surface area contributed by atoms with E-state index in [1.807, 2.05) is 13.1 Å². The third-order valence-electron chi connectivity index (χ3n) is 3.00. The lowest BCUT2D eigenvalue weighted by Crippen LogP contribution is -2.21. The van der Waals surface area contributed by atoms with Crippen LogP contribution in [0, 0.1) is 5.92 Å². The average molecular weight is 222 g/mol. The van der Waals surface area contributed by atoms with Crippen LogP contribution in [0.15, 0.2) is 12.4 Å². The van der Waals surface area contributed by atoms with Crippen molar-refractivity contribution in [2.24, 2.45) is 5.92 Å². The SMILES string of the molecule is CNc1cc(NCC2CCOC2C)ncn1. The lowest BCUT2D eigenvalue weighted by Gasteiger charge is -2.15. The van der Waals surface area contributed by atoms with Gasteiger partial charge in [0.05, 0.1) is 6.10 Å². The zero-order valence-corrected chi connectivity index (χ0v) is 9.73. The summed E-state index contributed by atoms with van der Waals surface area (Å²) in [6.07, 6.45) is 3.03. The zero-order valence-electron chi connectivity index (χ0n) is 9.73. The largest absolute Gasteiger partial charge is 0.378 e. The van der Waals surface area contributed by atoms with Gasteiger partial charge in [-0.2, -0.15) is 0 Å². The van der Waals surface area contributed by atoms with E-state index in [4.69, 9.17) is 4.74 Å². The second-order valence-electron chi connectivity index (χ2n) is 4.04. The van der Waals surface area contributed by atoms with E-state index in [9.17, 15) is 0 Å². The molecule has 2 N–H and O–H groups in total. The number of hydrogen-bond acceptors (Lipinski definition) is 5. The van der Waals surface area contributed by atoms with E-state index in [0.29, 0.717) is 12.0 Å². The van der Waals surface area contributed by atoms with Crippen LogP contribution in [-0.2, 0) is 4.74 Å². The number of rotatable bonds is 4. The Hall–Kier alpha value is -1.36. The van der Waals surface area contributed by atoms with Crippen LogP contribution in [0.3, 0.4) is 0 Å². The van der Waals surface area contributed by atoms with Crippen LogP contribution in [0.25, 0.3) is 0 Å². The number of nitrogens with one attached hydrogen (secondary N) is 2. The summed E-state index contributed by atoms with van der Waals surface area (Å²) in [5, 5.41) is 6.31. The molecule has 2 unspecified atom stereocenters. The summed E-state index contributed by atoms with van der Waals surface area (Å²) in [5.41, 5.74) is 0. The van der Waals surface area contributed by atoms with Crippen molar-refractivity contribution in [1.82, 2.24) is 9.97 Å². The monoisotopic (exact) mass is 222 g/mol. The van der Waals surface area contributed by atoms with E-state index in [2.05, 4.69) is 27.5 Å². The van der Waals surface area contributed by atoms with Crippen molar-refractivity contribution in [3.8, 4) is 0 Å². The second kappa shape index (κ2) is 5.12. The fraction of sp³-hybridized carbons (Fsp3) is 0.636. The molecule has 0 bridgehead atoms. The molecule has 1 fully saturated rings. The van der Waals surface area contributed by atoms with Gasteiger partial charge in [0.25, 0.3) is 0 Å². The van der Waals surface area contributed by atoms with Gasteiger partial charge >= 0.3 is 0 Å². The predicted octanol–water partition coefficient (Wildman–Crippen LogP) is 1.36. The quantitative estimate of drug-likeness (QED) is 0.805. The van der Waals surface area contributed by atoms with E-state index in [1.165, 1.54) is 0 Å². The Morgan fingerprint density at radius 1 is 1.44 bits per heavy atom. The average Bonchev–Trinajstić information content (AvgIpc) is 2.72. The van der Waals surface area contributed by atoms with Crippen molar-refractivity contribution >= 4 is 11.6 Å². The number of anilines is 2. The molecule has 1 aliphatic heterocycles. The summed E-state index contributed by atoms with van der Waals surface area (Å²) in [6.45, 7) is 3.90. The summed E-state index contributed by atoms with van der Waals surface area (Å²) in [5.74, 6) is 2.26. The fourth-order valence-electron chi connectivity index (χ4n) is 1.87. The summed E-state index contributed by atoms with van der Waals surface area (Å²) >= 11 is 0. The Bertz CT molecular complexity index is 345. The highest BCUT2D eigenvalue weighted by molar-refractivity contribution is 5.45. The van der Waals surface area contributed by atoms with Gasteiger partial charge in [-0.1, -0.05) is 0 Å². The summed E-state index contributed by atoms with van der Waals surface area (Å²) < 4.78 is 5.51. The standard InChI is InChI=1S/C11H18N4O/c1-8-9(3-4-16-8)6-13-11-5-10(12-2)14-7-15-11/h5,7-9H,3-4,6H2,1-2H3,(H2,12,13,14,15). The molecule has 16 heavy (non-hydrogen) atoms. The molecule has 5 nitrogen and oxygen atoms in total. The molecule has 0 spiro atoms. The summed E-state index contributed by atoms with van der Waals surface area (Å²) in [4.78, 5) is 8.24. The fourth-order valence-corrected chi connectivity index (χ4v) is 1.87. The highest BCUT2D eigenvalue weighted by Crippen LogP contribution is 2.20. The molecule has 2 rings (SSSR count). The van der Waals surface area contributed by atoms with Gasteiger partial charge in [-0.3, -0.25) is 0 Å². The van der Waals surface area contributed by atoms with E-state index >= 15 is 0 Å². The number of hydrogen-bond donors (Lipinski definition) is 2. The summed E-state index contributed by atoms with van der Waals surface area (Å²) in [7, 11) is 1.85. The first-order valence-electron chi connectivity index (χ1n) is 5.65. The molecule has 0 aliphatic carbocycles. The van der Waals surface area contributed by atoms with Crippen molar-refractivity contribution < 1.29 is 4.74 Å². The first-order valence-corrected chi connectivity index (χ1v) is 5.65. The van der Waals surface area contributed by atoms with Crippen molar-refractivity contribution in [2.75, 3.05) is 30.8 Å².